The minimum absolute atomic E-state index is 0.591. The molecular weight excluding hydrogens is 156 g/mol. The van der Waals surface area contributed by atoms with Gasteiger partial charge in [0, 0.05) is 0 Å². The lowest BCUT2D eigenvalue weighted by molar-refractivity contribution is -0.0583. The zero-order valence-corrected chi connectivity index (χ0v) is 10.1. The lowest BCUT2D eigenvalue weighted by Crippen LogP contribution is -2.47. The van der Waals surface area contributed by atoms with Crippen LogP contribution in [0.1, 0.15) is 60.3 Å². The Morgan fingerprint density at radius 3 is 1.62 bits per heavy atom. The summed E-state index contributed by atoms with van der Waals surface area (Å²) in [7, 11) is 0. The van der Waals surface area contributed by atoms with Gasteiger partial charge in [0.2, 0.25) is 0 Å². The molecule has 13 heavy (non-hydrogen) atoms. The Balaban J connectivity index is 0.000000396. The van der Waals surface area contributed by atoms with E-state index in [4.69, 9.17) is 0 Å². The largest absolute Gasteiger partial charge is 0.0683 e. The summed E-state index contributed by atoms with van der Waals surface area (Å²) >= 11 is 0. The molecule has 2 bridgehead atoms. The fraction of sp³-hybridized carbons (Fsp3) is 1.00. The fourth-order valence-corrected chi connectivity index (χ4v) is 3.52. The summed E-state index contributed by atoms with van der Waals surface area (Å²) in [4.78, 5) is 0. The molecule has 0 heteroatoms. The van der Waals surface area contributed by atoms with Crippen LogP contribution in [0, 0.1) is 23.2 Å². The average Bonchev–Trinajstić information content (AvgIpc) is 2.06. The van der Waals surface area contributed by atoms with Crippen molar-refractivity contribution in [3.05, 3.63) is 0 Å². The van der Waals surface area contributed by atoms with E-state index in [1.807, 2.05) is 13.8 Å². The molecule has 0 nitrogen and oxygen atoms in total. The summed E-state index contributed by atoms with van der Waals surface area (Å²) in [5.41, 5.74) is 0.591. The van der Waals surface area contributed by atoms with Crippen molar-refractivity contribution in [2.24, 2.45) is 23.2 Å². The Morgan fingerprint density at radius 2 is 1.38 bits per heavy atom. The van der Waals surface area contributed by atoms with Crippen LogP contribution in [0.15, 0.2) is 0 Å². The van der Waals surface area contributed by atoms with Crippen LogP contribution in [-0.4, -0.2) is 0 Å². The zero-order valence-electron chi connectivity index (χ0n) is 10.1. The van der Waals surface area contributed by atoms with Crippen LogP contribution in [0.5, 0.6) is 0 Å². The van der Waals surface area contributed by atoms with E-state index in [9.17, 15) is 0 Å². The maximum absolute atomic E-state index is 2.42. The van der Waals surface area contributed by atoms with Crippen LogP contribution in [0.4, 0.5) is 0 Å². The van der Waals surface area contributed by atoms with E-state index >= 15 is 0 Å². The second-order valence-electron chi connectivity index (χ2n) is 5.58. The molecule has 0 aromatic rings. The van der Waals surface area contributed by atoms with Crippen LogP contribution in [0.25, 0.3) is 0 Å². The first-order valence-corrected chi connectivity index (χ1v) is 6.09. The van der Waals surface area contributed by atoms with Gasteiger partial charge < -0.3 is 0 Å². The Hall–Kier alpha value is 0. The van der Waals surface area contributed by atoms with Crippen LogP contribution >= 0.6 is 0 Å². The standard InChI is InChI=1S/C11H20.C2H6/c1-11(2,3)10-8-5-4-6-9(10)7-8;1-2/h8-10H,4-7H2,1-3H3;1-2H3/t8-,9?,10?;/m0./s1. The van der Waals surface area contributed by atoms with Gasteiger partial charge in [-0.05, 0) is 29.6 Å². The van der Waals surface area contributed by atoms with E-state index in [1.165, 1.54) is 19.3 Å². The van der Waals surface area contributed by atoms with Gasteiger partial charge in [0.05, 0.1) is 0 Å². The maximum Gasteiger partial charge on any atom is -0.0308 e. The van der Waals surface area contributed by atoms with E-state index in [-0.39, 0.29) is 0 Å². The van der Waals surface area contributed by atoms with Crippen molar-refractivity contribution >= 4 is 0 Å². The van der Waals surface area contributed by atoms with Crippen molar-refractivity contribution in [3.63, 3.8) is 0 Å². The SMILES string of the molecule is CC.CC(C)(C)C1C2CCC[C@H]1C2. The number of fused-ring (bicyclic) bond motifs is 2. The minimum atomic E-state index is 0.591. The van der Waals surface area contributed by atoms with Crippen molar-refractivity contribution in [2.45, 2.75) is 60.3 Å². The third-order valence-corrected chi connectivity index (χ3v) is 3.77. The molecule has 3 fully saturated rings. The Morgan fingerprint density at radius 1 is 0.923 bits per heavy atom. The third-order valence-electron chi connectivity index (χ3n) is 3.77. The lowest BCUT2D eigenvalue weighted by atomic mass is 9.50. The molecule has 2 unspecified atom stereocenters. The van der Waals surface area contributed by atoms with Crippen LogP contribution in [0.2, 0.25) is 0 Å². The van der Waals surface area contributed by atoms with Gasteiger partial charge in [0.25, 0.3) is 0 Å². The molecule has 3 aliphatic rings. The number of hydrogen-bond acceptors (Lipinski definition) is 0. The Kier molecular flexibility index (Phi) is 3.43. The smallest absolute Gasteiger partial charge is 0.0308 e. The van der Waals surface area contributed by atoms with Gasteiger partial charge in [0.15, 0.2) is 0 Å². The molecule has 3 atom stereocenters. The van der Waals surface area contributed by atoms with Gasteiger partial charge in [-0.3, -0.25) is 0 Å². The van der Waals surface area contributed by atoms with E-state index in [0.29, 0.717) is 5.41 Å². The van der Waals surface area contributed by atoms with Crippen LogP contribution in [-0.2, 0) is 0 Å². The van der Waals surface area contributed by atoms with Gasteiger partial charge in [-0.1, -0.05) is 53.9 Å². The highest BCUT2D eigenvalue weighted by Crippen LogP contribution is 2.57. The highest BCUT2D eigenvalue weighted by molar-refractivity contribution is 4.98. The number of rotatable bonds is 0. The molecule has 0 heterocycles. The Bertz CT molecular complexity index is 138. The molecule has 3 rings (SSSR count). The third kappa shape index (κ3) is 2.08. The van der Waals surface area contributed by atoms with Gasteiger partial charge in [-0.15, -0.1) is 0 Å². The second-order valence-corrected chi connectivity index (χ2v) is 5.58. The Labute approximate surface area is 84.1 Å². The van der Waals surface area contributed by atoms with Crippen molar-refractivity contribution in [1.29, 1.82) is 0 Å². The van der Waals surface area contributed by atoms with Gasteiger partial charge in [-0.25, -0.2) is 0 Å². The van der Waals surface area contributed by atoms with Gasteiger partial charge in [-0.2, -0.15) is 0 Å². The molecule has 0 radical (unpaired) electrons. The molecular formula is C13H26. The molecule has 0 aromatic heterocycles. The van der Waals surface area contributed by atoms with Gasteiger partial charge >= 0.3 is 0 Å². The van der Waals surface area contributed by atoms with Crippen molar-refractivity contribution in [3.8, 4) is 0 Å². The molecule has 3 saturated carbocycles. The molecule has 3 aliphatic carbocycles. The van der Waals surface area contributed by atoms with Crippen LogP contribution < -0.4 is 0 Å². The molecule has 0 saturated heterocycles. The lowest BCUT2D eigenvalue weighted by Gasteiger charge is -2.55. The summed E-state index contributed by atoms with van der Waals surface area (Å²) in [5.74, 6) is 3.28. The predicted octanol–water partition coefficient (Wildman–Crippen LogP) is 4.49. The molecule has 0 spiro atoms. The summed E-state index contributed by atoms with van der Waals surface area (Å²) in [6.07, 6.45) is 6.13. The maximum atomic E-state index is 2.42. The monoisotopic (exact) mass is 182 g/mol. The summed E-state index contributed by atoms with van der Waals surface area (Å²) in [6.45, 7) is 11.3. The number of hydrogen-bond donors (Lipinski definition) is 0. The first-order chi connectivity index (χ1) is 6.09. The average molecular weight is 182 g/mol. The van der Waals surface area contributed by atoms with E-state index < -0.39 is 0 Å². The molecule has 0 aliphatic heterocycles. The molecule has 0 N–H and O–H groups in total. The first-order valence-electron chi connectivity index (χ1n) is 6.09. The van der Waals surface area contributed by atoms with Crippen molar-refractivity contribution in [2.75, 3.05) is 0 Å². The van der Waals surface area contributed by atoms with Crippen LogP contribution in [0.3, 0.4) is 0 Å². The normalized spacial score (nSPS) is 37.2. The van der Waals surface area contributed by atoms with Crippen molar-refractivity contribution in [1.82, 2.24) is 0 Å². The quantitative estimate of drug-likeness (QED) is 0.517. The highest BCUT2D eigenvalue weighted by Gasteiger charge is 2.48. The summed E-state index contributed by atoms with van der Waals surface area (Å²) in [6, 6.07) is 0. The molecule has 0 amide bonds. The topological polar surface area (TPSA) is 0 Å². The van der Waals surface area contributed by atoms with Gasteiger partial charge in [0.1, 0.15) is 0 Å². The molecule has 0 aromatic carbocycles. The highest BCUT2D eigenvalue weighted by atomic mass is 14.5. The van der Waals surface area contributed by atoms with E-state index in [0.717, 1.165) is 17.8 Å². The predicted molar refractivity (Wildman–Crippen MR) is 59.7 cm³/mol. The second kappa shape index (κ2) is 4.02. The minimum Gasteiger partial charge on any atom is -0.0683 e. The fourth-order valence-electron chi connectivity index (χ4n) is 3.52. The van der Waals surface area contributed by atoms with E-state index in [1.54, 1.807) is 6.42 Å². The first kappa shape index (κ1) is 11.1. The summed E-state index contributed by atoms with van der Waals surface area (Å²) < 4.78 is 0. The van der Waals surface area contributed by atoms with E-state index in [2.05, 4.69) is 20.8 Å². The van der Waals surface area contributed by atoms with Crippen molar-refractivity contribution < 1.29 is 0 Å². The zero-order chi connectivity index (χ0) is 10.1. The molecule has 78 valence electrons. The summed E-state index contributed by atoms with van der Waals surface area (Å²) in [5, 5.41) is 0.